The van der Waals surface area contributed by atoms with E-state index < -0.39 is 0 Å². The van der Waals surface area contributed by atoms with Gasteiger partial charge in [0.05, 0.1) is 14.2 Å². The molecule has 0 amide bonds. The number of hydrogen-bond acceptors (Lipinski definition) is 5. The number of ether oxygens (including phenoxy) is 2. The Balaban J connectivity index is 1.89. The SMILES string of the molecule is COc1cc2c(cc1OC)CN(c1ncc(I)cn1)CC2. The van der Waals surface area contributed by atoms with Gasteiger partial charge in [-0.05, 0) is 52.3 Å². The van der Waals surface area contributed by atoms with Crippen LogP contribution >= 0.6 is 22.6 Å². The summed E-state index contributed by atoms with van der Waals surface area (Å²) in [6.45, 7) is 1.69. The third kappa shape index (κ3) is 2.90. The van der Waals surface area contributed by atoms with Crippen LogP contribution in [-0.4, -0.2) is 30.7 Å². The first kappa shape index (κ1) is 14.4. The van der Waals surface area contributed by atoms with Crippen LogP contribution in [0.2, 0.25) is 0 Å². The first-order chi connectivity index (χ1) is 10.2. The third-order valence-corrected chi connectivity index (χ3v) is 4.16. The molecule has 21 heavy (non-hydrogen) atoms. The van der Waals surface area contributed by atoms with Crippen LogP contribution < -0.4 is 14.4 Å². The van der Waals surface area contributed by atoms with Gasteiger partial charge in [-0.1, -0.05) is 0 Å². The number of halogens is 1. The van der Waals surface area contributed by atoms with Gasteiger partial charge in [0.1, 0.15) is 0 Å². The van der Waals surface area contributed by atoms with E-state index in [9.17, 15) is 0 Å². The molecule has 0 fully saturated rings. The second-order valence-electron chi connectivity index (χ2n) is 4.85. The number of fused-ring (bicyclic) bond motifs is 1. The van der Waals surface area contributed by atoms with E-state index >= 15 is 0 Å². The quantitative estimate of drug-likeness (QED) is 0.746. The van der Waals surface area contributed by atoms with Crippen molar-refractivity contribution in [3.63, 3.8) is 0 Å². The standard InChI is InChI=1S/C15H16IN3O2/c1-20-13-5-10-3-4-19(9-11(10)6-14(13)21-2)15-17-7-12(16)8-18-15/h5-8H,3-4,9H2,1-2H3. The first-order valence-corrected chi connectivity index (χ1v) is 7.75. The molecule has 1 aromatic heterocycles. The lowest BCUT2D eigenvalue weighted by molar-refractivity contribution is 0.353. The maximum Gasteiger partial charge on any atom is 0.225 e. The number of aromatic nitrogens is 2. The molecule has 0 spiro atoms. The molecular weight excluding hydrogens is 381 g/mol. The lowest BCUT2D eigenvalue weighted by Gasteiger charge is -2.29. The maximum absolute atomic E-state index is 5.38. The zero-order chi connectivity index (χ0) is 14.8. The van der Waals surface area contributed by atoms with E-state index in [0.29, 0.717) is 0 Å². The predicted molar refractivity (Wildman–Crippen MR) is 89.0 cm³/mol. The van der Waals surface area contributed by atoms with Crippen LogP contribution in [0, 0.1) is 3.57 Å². The largest absolute Gasteiger partial charge is 0.493 e. The number of rotatable bonds is 3. The zero-order valence-corrected chi connectivity index (χ0v) is 14.1. The van der Waals surface area contributed by atoms with Gasteiger partial charge in [0.25, 0.3) is 0 Å². The van der Waals surface area contributed by atoms with Gasteiger partial charge < -0.3 is 14.4 Å². The van der Waals surface area contributed by atoms with E-state index in [1.807, 2.05) is 18.5 Å². The first-order valence-electron chi connectivity index (χ1n) is 6.67. The van der Waals surface area contributed by atoms with Gasteiger partial charge in [0, 0.05) is 29.1 Å². The molecule has 0 radical (unpaired) electrons. The van der Waals surface area contributed by atoms with Crippen molar-refractivity contribution in [2.75, 3.05) is 25.7 Å². The topological polar surface area (TPSA) is 47.5 Å². The van der Waals surface area contributed by atoms with Gasteiger partial charge in [-0.25, -0.2) is 9.97 Å². The molecular formula is C15H16IN3O2. The predicted octanol–water partition coefficient (Wildman–Crippen LogP) is 2.66. The molecule has 0 aliphatic carbocycles. The summed E-state index contributed by atoms with van der Waals surface area (Å²) < 4.78 is 11.8. The maximum atomic E-state index is 5.38. The van der Waals surface area contributed by atoms with E-state index in [1.54, 1.807) is 14.2 Å². The zero-order valence-electron chi connectivity index (χ0n) is 12.0. The number of nitrogens with zero attached hydrogens (tertiary/aromatic N) is 3. The van der Waals surface area contributed by atoms with Crippen molar-refractivity contribution in [1.82, 2.24) is 9.97 Å². The van der Waals surface area contributed by atoms with Crippen molar-refractivity contribution in [2.24, 2.45) is 0 Å². The van der Waals surface area contributed by atoms with Crippen LogP contribution in [0.25, 0.3) is 0 Å². The molecule has 110 valence electrons. The summed E-state index contributed by atoms with van der Waals surface area (Å²) in [4.78, 5) is 11.0. The van der Waals surface area contributed by atoms with Gasteiger partial charge in [0.15, 0.2) is 11.5 Å². The van der Waals surface area contributed by atoms with Gasteiger partial charge in [-0.3, -0.25) is 0 Å². The molecule has 0 atom stereocenters. The molecule has 1 aliphatic heterocycles. The van der Waals surface area contributed by atoms with Crippen LogP contribution in [0.15, 0.2) is 24.5 Å². The highest BCUT2D eigenvalue weighted by Gasteiger charge is 2.21. The van der Waals surface area contributed by atoms with Crippen LogP contribution in [0.4, 0.5) is 5.95 Å². The highest BCUT2D eigenvalue weighted by atomic mass is 127. The van der Waals surface area contributed by atoms with Crippen molar-refractivity contribution in [3.8, 4) is 11.5 Å². The molecule has 0 saturated carbocycles. The van der Waals surface area contributed by atoms with Crippen molar-refractivity contribution in [1.29, 1.82) is 0 Å². The normalized spacial score (nSPS) is 13.8. The minimum atomic E-state index is 0.765. The van der Waals surface area contributed by atoms with Gasteiger partial charge in [-0.2, -0.15) is 0 Å². The Morgan fingerprint density at radius 2 is 1.67 bits per heavy atom. The Morgan fingerprint density at radius 3 is 2.29 bits per heavy atom. The Labute approximate surface area is 137 Å². The third-order valence-electron chi connectivity index (χ3n) is 3.61. The molecule has 2 aromatic rings. The fourth-order valence-electron chi connectivity index (χ4n) is 2.52. The van der Waals surface area contributed by atoms with Crippen LogP contribution in [0.3, 0.4) is 0 Å². The fraction of sp³-hybridized carbons (Fsp3) is 0.333. The van der Waals surface area contributed by atoms with Gasteiger partial charge in [0.2, 0.25) is 5.95 Å². The summed E-state index contributed by atoms with van der Waals surface area (Å²) in [5.41, 5.74) is 2.54. The van der Waals surface area contributed by atoms with E-state index in [-0.39, 0.29) is 0 Å². The highest BCUT2D eigenvalue weighted by Crippen LogP contribution is 2.33. The average molecular weight is 397 g/mol. The Bertz CT molecular complexity index is 646. The summed E-state index contributed by atoms with van der Waals surface area (Å²) >= 11 is 2.21. The molecule has 2 heterocycles. The molecule has 0 N–H and O–H groups in total. The van der Waals surface area contributed by atoms with Crippen molar-refractivity contribution in [3.05, 3.63) is 39.2 Å². The molecule has 5 nitrogen and oxygen atoms in total. The van der Waals surface area contributed by atoms with E-state index in [0.717, 1.165) is 40.5 Å². The number of anilines is 1. The Kier molecular flexibility index (Phi) is 4.14. The second kappa shape index (κ2) is 6.05. The van der Waals surface area contributed by atoms with Crippen LogP contribution in [-0.2, 0) is 13.0 Å². The minimum absolute atomic E-state index is 0.765. The van der Waals surface area contributed by atoms with Crippen molar-refractivity contribution < 1.29 is 9.47 Å². The van der Waals surface area contributed by atoms with Crippen LogP contribution in [0.5, 0.6) is 11.5 Å². The number of benzene rings is 1. The minimum Gasteiger partial charge on any atom is -0.493 e. The molecule has 0 saturated heterocycles. The lowest BCUT2D eigenvalue weighted by Crippen LogP contribution is -2.31. The average Bonchev–Trinajstić information content (AvgIpc) is 2.53. The van der Waals surface area contributed by atoms with Crippen molar-refractivity contribution in [2.45, 2.75) is 13.0 Å². The Morgan fingerprint density at radius 1 is 1.05 bits per heavy atom. The second-order valence-corrected chi connectivity index (χ2v) is 6.09. The van der Waals surface area contributed by atoms with Gasteiger partial charge in [-0.15, -0.1) is 0 Å². The molecule has 1 aliphatic rings. The number of methoxy groups -OCH3 is 2. The molecule has 0 unspecified atom stereocenters. The summed E-state index contributed by atoms with van der Waals surface area (Å²) in [7, 11) is 3.33. The lowest BCUT2D eigenvalue weighted by atomic mass is 9.99. The smallest absolute Gasteiger partial charge is 0.225 e. The molecule has 6 heteroatoms. The van der Waals surface area contributed by atoms with E-state index in [4.69, 9.17) is 9.47 Å². The Hall–Kier alpha value is -1.57. The van der Waals surface area contributed by atoms with E-state index in [1.165, 1.54) is 11.1 Å². The highest BCUT2D eigenvalue weighted by molar-refractivity contribution is 14.1. The summed E-state index contributed by atoms with van der Waals surface area (Å²) in [5, 5.41) is 0. The van der Waals surface area contributed by atoms with Crippen molar-refractivity contribution >= 4 is 28.5 Å². The van der Waals surface area contributed by atoms with Crippen LogP contribution in [0.1, 0.15) is 11.1 Å². The van der Waals surface area contributed by atoms with Gasteiger partial charge >= 0.3 is 0 Å². The summed E-state index contributed by atoms with van der Waals surface area (Å²) in [5.74, 6) is 2.33. The fourth-order valence-corrected chi connectivity index (χ4v) is 2.80. The molecule has 0 bridgehead atoms. The van der Waals surface area contributed by atoms with E-state index in [2.05, 4.69) is 43.5 Å². The number of hydrogen-bond donors (Lipinski definition) is 0. The molecule has 1 aromatic carbocycles. The molecule has 3 rings (SSSR count). The summed E-state index contributed by atoms with van der Waals surface area (Å²) in [6, 6.07) is 4.12. The summed E-state index contributed by atoms with van der Waals surface area (Å²) in [6.07, 6.45) is 4.63. The monoisotopic (exact) mass is 397 g/mol.